The van der Waals surface area contributed by atoms with Gasteiger partial charge in [0, 0.05) is 28.6 Å². The number of hydrogen-bond donors (Lipinski definition) is 1. The maximum Gasteiger partial charge on any atom is 0.166 e. The fourth-order valence-corrected chi connectivity index (χ4v) is 1.89. The Balaban J connectivity index is 2.61. The zero-order valence-electron chi connectivity index (χ0n) is 7.90. The van der Waals surface area contributed by atoms with Crippen LogP contribution in [0.5, 0.6) is 0 Å². The summed E-state index contributed by atoms with van der Waals surface area (Å²) in [6.45, 7) is 0. The summed E-state index contributed by atoms with van der Waals surface area (Å²) in [5, 5.41) is 2.93. The van der Waals surface area contributed by atoms with Gasteiger partial charge in [0.15, 0.2) is 6.29 Å². The first-order chi connectivity index (χ1) is 7.40. The topological polar surface area (TPSA) is 45.8 Å². The van der Waals surface area contributed by atoms with Gasteiger partial charge in [-0.15, -0.1) is 0 Å². The molecule has 0 aliphatic carbocycles. The minimum absolute atomic E-state index is 0.614. The van der Waals surface area contributed by atoms with Crippen molar-refractivity contribution in [2.45, 2.75) is 0 Å². The van der Waals surface area contributed by atoms with Crippen LogP contribution >= 0.6 is 0 Å². The van der Waals surface area contributed by atoms with E-state index in [4.69, 9.17) is 0 Å². The van der Waals surface area contributed by atoms with Gasteiger partial charge in [-0.3, -0.25) is 9.78 Å². The van der Waals surface area contributed by atoms with Gasteiger partial charge in [0.1, 0.15) is 0 Å². The average molecular weight is 196 g/mol. The first-order valence-corrected chi connectivity index (χ1v) is 4.70. The van der Waals surface area contributed by atoms with Crippen LogP contribution in [0.1, 0.15) is 10.5 Å². The average Bonchev–Trinajstić information content (AvgIpc) is 2.72. The summed E-state index contributed by atoms with van der Waals surface area (Å²) >= 11 is 0. The first kappa shape index (κ1) is 8.17. The molecule has 0 unspecified atom stereocenters. The van der Waals surface area contributed by atoms with E-state index < -0.39 is 0 Å². The van der Waals surface area contributed by atoms with Crippen molar-refractivity contribution in [3.05, 3.63) is 42.4 Å². The number of rotatable bonds is 1. The third-order valence-corrected chi connectivity index (χ3v) is 2.58. The highest BCUT2D eigenvalue weighted by atomic mass is 16.1. The lowest BCUT2D eigenvalue weighted by atomic mass is 10.1. The number of nitrogens with one attached hydrogen (secondary N) is 1. The van der Waals surface area contributed by atoms with Gasteiger partial charge in [0.05, 0.1) is 11.2 Å². The smallest absolute Gasteiger partial charge is 0.166 e. The second kappa shape index (κ2) is 2.92. The van der Waals surface area contributed by atoms with Crippen LogP contribution in [0.2, 0.25) is 0 Å². The summed E-state index contributed by atoms with van der Waals surface area (Å²) in [5.41, 5.74) is 1.52. The lowest BCUT2D eigenvalue weighted by molar-refractivity contribution is 0.112. The van der Waals surface area contributed by atoms with Crippen LogP contribution < -0.4 is 0 Å². The molecule has 0 saturated heterocycles. The molecule has 1 aromatic carbocycles. The van der Waals surface area contributed by atoms with E-state index in [0.29, 0.717) is 5.69 Å². The second-order valence-corrected chi connectivity index (χ2v) is 3.43. The molecule has 0 amide bonds. The van der Waals surface area contributed by atoms with Gasteiger partial charge < -0.3 is 4.98 Å². The van der Waals surface area contributed by atoms with Crippen LogP contribution in [-0.4, -0.2) is 16.3 Å². The van der Waals surface area contributed by atoms with Crippen LogP contribution in [0.15, 0.2) is 36.7 Å². The van der Waals surface area contributed by atoms with E-state index in [0.717, 1.165) is 28.0 Å². The Morgan fingerprint density at radius 2 is 2.13 bits per heavy atom. The summed E-state index contributed by atoms with van der Waals surface area (Å²) in [6, 6.07) is 7.81. The number of para-hydroxylation sites is 1. The maximum atomic E-state index is 10.9. The Bertz CT molecular complexity index is 655. The van der Waals surface area contributed by atoms with E-state index in [1.165, 1.54) is 0 Å². The predicted octanol–water partition coefficient (Wildman–Crippen LogP) is 2.53. The molecule has 0 saturated carbocycles. The number of H-pyrrole nitrogens is 1. The molecule has 72 valence electrons. The number of pyridine rings is 1. The number of benzene rings is 1. The summed E-state index contributed by atoms with van der Waals surface area (Å²) in [4.78, 5) is 18.1. The van der Waals surface area contributed by atoms with Crippen molar-refractivity contribution in [3.8, 4) is 0 Å². The molecule has 0 aliphatic rings. The zero-order chi connectivity index (χ0) is 10.3. The number of nitrogens with zero attached hydrogens (tertiary/aromatic N) is 1. The van der Waals surface area contributed by atoms with Crippen molar-refractivity contribution in [2.24, 2.45) is 0 Å². The third-order valence-electron chi connectivity index (χ3n) is 2.58. The van der Waals surface area contributed by atoms with Gasteiger partial charge in [-0.1, -0.05) is 18.2 Å². The molecule has 0 bridgehead atoms. The van der Waals surface area contributed by atoms with Gasteiger partial charge in [-0.2, -0.15) is 0 Å². The van der Waals surface area contributed by atoms with Crippen LogP contribution in [0, 0.1) is 0 Å². The molecule has 3 rings (SSSR count). The number of hydrogen-bond acceptors (Lipinski definition) is 2. The SMILES string of the molecule is O=Cc1[nH]cc2cnc3ccccc3c12. The number of carbonyl (C=O) groups excluding carboxylic acids is 1. The molecule has 0 aliphatic heterocycles. The monoisotopic (exact) mass is 196 g/mol. The summed E-state index contributed by atoms with van der Waals surface area (Å²) < 4.78 is 0. The fraction of sp³-hybridized carbons (Fsp3) is 0. The number of fused-ring (bicyclic) bond motifs is 3. The second-order valence-electron chi connectivity index (χ2n) is 3.43. The van der Waals surface area contributed by atoms with Gasteiger partial charge in [-0.05, 0) is 6.07 Å². The van der Waals surface area contributed by atoms with Crippen molar-refractivity contribution in [3.63, 3.8) is 0 Å². The summed E-state index contributed by atoms with van der Waals surface area (Å²) in [5.74, 6) is 0. The normalized spacial score (nSPS) is 10.9. The first-order valence-electron chi connectivity index (χ1n) is 4.70. The molecule has 0 spiro atoms. The van der Waals surface area contributed by atoms with Crippen LogP contribution in [0.3, 0.4) is 0 Å². The molecule has 3 heteroatoms. The molecule has 0 fully saturated rings. The standard InChI is InChI=1S/C12H8N2O/c15-7-11-12-8(6-14-11)5-13-10-4-2-1-3-9(10)12/h1-7,14H. The Morgan fingerprint density at radius 1 is 1.27 bits per heavy atom. The maximum absolute atomic E-state index is 10.9. The van der Waals surface area contributed by atoms with Crippen molar-refractivity contribution in [1.29, 1.82) is 0 Å². The molecule has 15 heavy (non-hydrogen) atoms. The lowest BCUT2D eigenvalue weighted by Gasteiger charge is -1.98. The van der Waals surface area contributed by atoms with Gasteiger partial charge in [0.25, 0.3) is 0 Å². The summed E-state index contributed by atoms with van der Waals surface area (Å²) in [7, 11) is 0. The number of aromatic nitrogens is 2. The molecule has 3 nitrogen and oxygen atoms in total. The van der Waals surface area contributed by atoms with Crippen LogP contribution in [-0.2, 0) is 0 Å². The van der Waals surface area contributed by atoms with Crippen LogP contribution in [0.25, 0.3) is 21.7 Å². The van der Waals surface area contributed by atoms with E-state index in [2.05, 4.69) is 9.97 Å². The third kappa shape index (κ3) is 1.06. The molecule has 2 aromatic heterocycles. The Labute approximate surface area is 85.8 Å². The summed E-state index contributed by atoms with van der Waals surface area (Å²) in [6.07, 6.45) is 4.43. The molecule has 3 aromatic rings. The number of aldehydes is 1. The highest BCUT2D eigenvalue weighted by molar-refractivity contribution is 6.12. The van der Waals surface area contributed by atoms with Crippen molar-refractivity contribution in [2.75, 3.05) is 0 Å². The largest absolute Gasteiger partial charge is 0.358 e. The molecule has 0 radical (unpaired) electrons. The van der Waals surface area contributed by atoms with Gasteiger partial charge in [0.2, 0.25) is 0 Å². The Hall–Kier alpha value is -2.16. The van der Waals surface area contributed by atoms with Gasteiger partial charge in [-0.25, -0.2) is 0 Å². The number of carbonyl (C=O) groups is 1. The van der Waals surface area contributed by atoms with E-state index in [1.807, 2.05) is 24.3 Å². The van der Waals surface area contributed by atoms with Gasteiger partial charge >= 0.3 is 0 Å². The lowest BCUT2D eigenvalue weighted by Crippen LogP contribution is -1.82. The molecule has 2 heterocycles. The van der Waals surface area contributed by atoms with E-state index >= 15 is 0 Å². The molecule has 0 atom stereocenters. The minimum atomic E-state index is 0.614. The Morgan fingerprint density at radius 3 is 3.00 bits per heavy atom. The quantitative estimate of drug-likeness (QED) is 0.608. The zero-order valence-corrected chi connectivity index (χ0v) is 7.90. The highest BCUT2D eigenvalue weighted by Crippen LogP contribution is 2.25. The van der Waals surface area contributed by atoms with Crippen LogP contribution in [0.4, 0.5) is 0 Å². The van der Waals surface area contributed by atoms with Crippen molar-refractivity contribution >= 4 is 28.0 Å². The molecular formula is C12H8N2O. The van der Waals surface area contributed by atoms with E-state index in [-0.39, 0.29) is 0 Å². The predicted molar refractivity (Wildman–Crippen MR) is 59.0 cm³/mol. The molecule has 1 N–H and O–H groups in total. The van der Waals surface area contributed by atoms with E-state index in [9.17, 15) is 4.79 Å². The highest BCUT2D eigenvalue weighted by Gasteiger charge is 2.06. The minimum Gasteiger partial charge on any atom is -0.358 e. The van der Waals surface area contributed by atoms with Crippen molar-refractivity contribution < 1.29 is 4.79 Å². The van der Waals surface area contributed by atoms with E-state index in [1.54, 1.807) is 12.4 Å². The number of aromatic amines is 1. The fourth-order valence-electron chi connectivity index (χ4n) is 1.89. The molecular weight excluding hydrogens is 188 g/mol. The van der Waals surface area contributed by atoms with Crippen molar-refractivity contribution in [1.82, 2.24) is 9.97 Å². The Kier molecular flexibility index (Phi) is 1.59.